The Labute approximate surface area is 226 Å². The molecule has 196 valence electrons. The Hall–Kier alpha value is -4.59. The Kier molecular flexibility index (Phi) is 5.80. The monoisotopic (exact) mass is 517 g/mol. The van der Waals surface area contributed by atoms with Crippen molar-refractivity contribution in [3.05, 3.63) is 90.1 Å². The third-order valence-electron chi connectivity index (χ3n) is 8.24. The number of rotatable bonds is 4. The number of nitrogens with zero attached hydrogens (tertiary/aromatic N) is 4. The molecule has 1 aliphatic carbocycles. The zero-order valence-electron chi connectivity index (χ0n) is 21.7. The number of carbonyl (C=O) groups is 1. The number of aromatic amines is 1. The molecule has 4 heterocycles. The van der Waals surface area contributed by atoms with Crippen molar-refractivity contribution in [2.45, 2.75) is 38.1 Å². The van der Waals surface area contributed by atoms with Crippen LogP contribution in [-0.4, -0.2) is 36.8 Å². The average molecular weight is 518 g/mol. The minimum Gasteiger partial charge on any atom is -0.382 e. The second kappa shape index (κ2) is 9.62. The number of nitrogen functional groups attached to an aromatic ring is 1. The SMILES string of the molecule is Nc1nccn2c1c(-c1cc3ccccc3[nH]1)nc2[C@H]1CC[C@H](CNC(=O)N2C=Cc3ccccc3C2)CC1. The molecule has 8 nitrogen and oxygen atoms in total. The number of urea groups is 1. The van der Waals surface area contributed by atoms with E-state index in [4.69, 9.17) is 10.7 Å². The number of benzene rings is 2. The van der Waals surface area contributed by atoms with Crippen molar-refractivity contribution >= 4 is 34.3 Å². The molecule has 3 aromatic heterocycles. The van der Waals surface area contributed by atoms with Crippen LogP contribution in [0.15, 0.2) is 73.2 Å². The van der Waals surface area contributed by atoms with Gasteiger partial charge >= 0.3 is 6.03 Å². The van der Waals surface area contributed by atoms with Gasteiger partial charge in [0.15, 0.2) is 0 Å². The molecule has 2 aliphatic rings. The van der Waals surface area contributed by atoms with Crippen molar-refractivity contribution in [1.82, 2.24) is 29.6 Å². The summed E-state index contributed by atoms with van der Waals surface area (Å²) in [6.07, 6.45) is 11.7. The summed E-state index contributed by atoms with van der Waals surface area (Å²) in [4.78, 5) is 27.6. The maximum atomic E-state index is 12.8. The Morgan fingerprint density at radius 1 is 1.08 bits per heavy atom. The summed E-state index contributed by atoms with van der Waals surface area (Å²) in [5.74, 6) is 2.30. The van der Waals surface area contributed by atoms with Crippen LogP contribution in [0.25, 0.3) is 33.9 Å². The number of hydrogen-bond acceptors (Lipinski definition) is 4. The molecule has 0 unspecified atom stereocenters. The smallest absolute Gasteiger partial charge is 0.321 e. The molecule has 7 rings (SSSR count). The number of anilines is 1. The van der Waals surface area contributed by atoms with Crippen LogP contribution in [0, 0.1) is 5.92 Å². The summed E-state index contributed by atoms with van der Waals surface area (Å²) in [6.45, 7) is 1.30. The first-order valence-electron chi connectivity index (χ1n) is 13.6. The number of fused-ring (bicyclic) bond motifs is 3. The van der Waals surface area contributed by atoms with Crippen LogP contribution in [0.3, 0.4) is 0 Å². The summed E-state index contributed by atoms with van der Waals surface area (Å²) < 4.78 is 2.12. The van der Waals surface area contributed by atoms with Crippen LogP contribution in [0.4, 0.5) is 10.6 Å². The van der Waals surface area contributed by atoms with Crippen molar-refractivity contribution < 1.29 is 4.79 Å². The third kappa shape index (κ3) is 4.31. The van der Waals surface area contributed by atoms with Crippen molar-refractivity contribution in [1.29, 1.82) is 0 Å². The number of para-hydroxylation sites is 1. The van der Waals surface area contributed by atoms with E-state index in [0.717, 1.165) is 59.3 Å². The molecule has 2 aromatic carbocycles. The van der Waals surface area contributed by atoms with Crippen LogP contribution in [-0.2, 0) is 6.54 Å². The highest BCUT2D eigenvalue weighted by molar-refractivity contribution is 5.91. The summed E-state index contributed by atoms with van der Waals surface area (Å²) in [7, 11) is 0. The van der Waals surface area contributed by atoms with E-state index in [1.165, 1.54) is 11.1 Å². The number of carbonyl (C=O) groups excluding carboxylic acids is 1. The van der Waals surface area contributed by atoms with Gasteiger partial charge in [0.05, 0.1) is 12.2 Å². The summed E-state index contributed by atoms with van der Waals surface area (Å²) in [5.41, 5.74) is 12.4. The van der Waals surface area contributed by atoms with Gasteiger partial charge in [-0.05, 0) is 60.9 Å². The lowest BCUT2D eigenvalue weighted by molar-refractivity contribution is 0.208. The first-order chi connectivity index (χ1) is 19.1. The van der Waals surface area contributed by atoms with Gasteiger partial charge in [0.2, 0.25) is 0 Å². The number of nitrogens with two attached hydrogens (primary N) is 1. The minimum atomic E-state index is -0.0342. The average Bonchev–Trinajstić information content (AvgIpc) is 3.59. The fourth-order valence-electron chi connectivity index (χ4n) is 6.11. The summed E-state index contributed by atoms with van der Waals surface area (Å²) in [5, 5.41) is 4.31. The lowest BCUT2D eigenvalue weighted by Crippen LogP contribution is -2.40. The Bertz CT molecular complexity index is 1670. The van der Waals surface area contributed by atoms with Gasteiger partial charge in [-0.25, -0.2) is 14.8 Å². The molecular formula is C31H31N7O. The second-order valence-corrected chi connectivity index (χ2v) is 10.7. The quantitative estimate of drug-likeness (QED) is 0.275. The Morgan fingerprint density at radius 2 is 1.90 bits per heavy atom. The molecule has 0 radical (unpaired) electrons. The third-order valence-corrected chi connectivity index (χ3v) is 8.24. The topological polar surface area (TPSA) is 104 Å². The van der Waals surface area contributed by atoms with Gasteiger partial charge in [0.1, 0.15) is 22.9 Å². The van der Waals surface area contributed by atoms with Gasteiger partial charge < -0.3 is 16.0 Å². The molecule has 0 atom stereocenters. The predicted octanol–water partition coefficient (Wildman–Crippen LogP) is 5.93. The molecule has 5 aromatic rings. The molecule has 0 spiro atoms. The standard InChI is InChI=1S/C31H31N7O/c32-29-28-27(26-17-23-6-3-4-8-25(23)35-26)36-30(38(28)16-14-33-29)22-11-9-20(10-12-22)18-34-31(39)37-15-13-21-5-1-2-7-24(21)19-37/h1-8,13-17,20,22,35H,9-12,18-19H2,(H2,32,33)(H,34,39)/t20-,22-. The lowest BCUT2D eigenvalue weighted by Gasteiger charge is -2.29. The van der Waals surface area contributed by atoms with Crippen LogP contribution in [0.2, 0.25) is 0 Å². The van der Waals surface area contributed by atoms with Crippen LogP contribution in [0.5, 0.6) is 0 Å². The number of amides is 2. The largest absolute Gasteiger partial charge is 0.382 e. The number of nitrogens with one attached hydrogen (secondary N) is 2. The first kappa shape index (κ1) is 23.5. The van der Waals surface area contributed by atoms with E-state index in [-0.39, 0.29) is 6.03 Å². The van der Waals surface area contributed by atoms with Gasteiger partial charge in [0, 0.05) is 42.0 Å². The van der Waals surface area contributed by atoms with E-state index in [2.05, 4.69) is 50.0 Å². The van der Waals surface area contributed by atoms with Gasteiger partial charge in [-0.2, -0.15) is 0 Å². The maximum Gasteiger partial charge on any atom is 0.321 e. The lowest BCUT2D eigenvalue weighted by atomic mass is 9.81. The van der Waals surface area contributed by atoms with E-state index in [1.54, 1.807) is 11.1 Å². The van der Waals surface area contributed by atoms with Gasteiger partial charge in [-0.1, -0.05) is 42.5 Å². The first-order valence-corrected chi connectivity index (χ1v) is 13.6. The molecule has 8 heteroatoms. The number of aromatic nitrogens is 4. The van der Waals surface area contributed by atoms with Crippen LogP contribution < -0.4 is 11.1 Å². The van der Waals surface area contributed by atoms with Gasteiger partial charge in [0.25, 0.3) is 0 Å². The van der Waals surface area contributed by atoms with Crippen LogP contribution >= 0.6 is 0 Å². The molecule has 1 aliphatic heterocycles. The van der Waals surface area contributed by atoms with Gasteiger partial charge in [-0.15, -0.1) is 0 Å². The van der Waals surface area contributed by atoms with Gasteiger partial charge in [-0.3, -0.25) is 9.30 Å². The van der Waals surface area contributed by atoms with Crippen LogP contribution in [0.1, 0.15) is 48.6 Å². The van der Waals surface area contributed by atoms with E-state index >= 15 is 0 Å². The molecule has 4 N–H and O–H groups in total. The van der Waals surface area contributed by atoms with E-state index < -0.39 is 0 Å². The highest BCUT2D eigenvalue weighted by Crippen LogP contribution is 2.38. The summed E-state index contributed by atoms with van der Waals surface area (Å²) in [6, 6.07) is 18.5. The normalized spacial score (nSPS) is 18.9. The van der Waals surface area contributed by atoms with E-state index in [9.17, 15) is 4.79 Å². The number of imidazole rings is 1. The Balaban J connectivity index is 1.04. The highest BCUT2D eigenvalue weighted by Gasteiger charge is 2.28. The molecule has 2 amide bonds. The van der Waals surface area contributed by atoms with E-state index in [0.29, 0.717) is 30.7 Å². The molecule has 0 saturated heterocycles. The molecule has 1 saturated carbocycles. The Morgan fingerprint density at radius 3 is 2.77 bits per heavy atom. The summed E-state index contributed by atoms with van der Waals surface area (Å²) >= 11 is 0. The fraction of sp³-hybridized carbons (Fsp3) is 0.258. The van der Waals surface area contributed by atoms with Crippen molar-refractivity contribution in [3.8, 4) is 11.4 Å². The van der Waals surface area contributed by atoms with Crippen molar-refractivity contribution in [2.75, 3.05) is 12.3 Å². The van der Waals surface area contributed by atoms with Crippen molar-refractivity contribution in [3.63, 3.8) is 0 Å². The molecule has 0 bridgehead atoms. The molecule has 39 heavy (non-hydrogen) atoms. The molecular weight excluding hydrogens is 486 g/mol. The zero-order chi connectivity index (χ0) is 26.3. The van der Waals surface area contributed by atoms with Crippen molar-refractivity contribution in [2.24, 2.45) is 5.92 Å². The second-order valence-electron chi connectivity index (χ2n) is 10.7. The minimum absolute atomic E-state index is 0.0342. The fourth-order valence-corrected chi connectivity index (χ4v) is 6.11. The maximum absolute atomic E-state index is 12.8. The number of H-pyrrole nitrogens is 1. The molecule has 1 fully saturated rings. The predicted molar refractivity (Wildman–Crippen MR) is 154 cm³/mol. The van der Waals surface area contributed by atoms with E-state index in [1.807, 2.05) is 42.7 Å². The zero-order valence-corrected chi connectivity index (χ0v) is 21.7. The highest BCUT2D eigenvalue weighted by atomic mass is 16.2. The number of hydrogen-bond donors (Lipinski definition) is 3.